The number of aliphatic hydroxyl groups is 1. The van der Waals surface area contributed by atoms with Crippen molar-refractivity contribution in [2.45, 2.75) is 25.5 Å². The SMILES string of the molecule is COCCC(C)NCC(O)c1cc(Cl)ccc1Cl. The van der Waals surface area contributed by atoms with Gasteiger partial charge in [-0.25, -0.2) is 0 Å². The first-order chi connectivity index (χ1) is 8.54. The third-order valence-electron chi connectivity index (χ3n) is 2.73. The van der Waals surface area contributed by atoms with Crippen LogP contribution in [0.25, 0.3) is 0 Å². The number of nitrogens with one attached hydrogen (secondary N) is 1. The molecule has 1 aromatic rings. The first-order valence-corrected chi connectivity index (χ1v) is 6.65. The topological polar surface area (TPSA) is 41.5 Å². The van der Waals surface area contributed by atoms with Gasteiger partial charge in [0, 0.05) is 41.9 Å². The molecule has 0 spiro atoms. The van der Waals surface area contributed by atoms with Crippen LogP contribution in [0.5, 0.6) is 0 Å². The summed E-state index contributed by atoms with van der Waals surface area (Å²) in [5, 5.41) is 14.4. The minimum Gasteiger partial charge on any atom is -0.387 e. The average Bonchev–Trinajstić information content (AvgIpc) is 2.36. The molecule has 0 fully saturated rings. The van der Waals surface area contributed by atoms with Crippen molar-refractivity contribution in [3.05, 3.63) is 33.8 Å². The fourth-order valence-corrected chi connectivity index (χ4v) is 2.01. The molecule has 0 saturated heterocycles. The highest BCUT2D eigenvalue weighted by Gasteiger charge is 2.13. The molecule has 2 N–H and O–H groups in total. The Morgan fingerprint density at radius 1 is 1.39 bits per heavy atom. The largest absolute Gasteiger partial charge is 0.387 e. The molecular weight excluding hydrogens is 273 g/mol. The van der Waals surface area contributed by atoms with Gasteiger partial charge in [-0.15, -0.1) is 0 Å². The van der Waals surface area contributed by atoms with E-state index in [-0.39, 0.29) is 6.04 Å². The summed E-state index contributed by atoms with van der Waals surface area (Å²) in [6.45, 7) is 3.18. The zero-order valence-electron chi connectivity index (χ0n) is 10.6. The van der Waals surface area contributed by atoms with E-state index < -0.39 is 6.10 Å². The first kappa shape index (κ1) is 15.7. The molecule has 18 heavy (non-hydrogen) atoms. The van der Waals surface area contributed by atoms with E-state index in [0.29, 0.717) is 28.8 Å². The number of ether oxygens (including phenoxy) is 1. The van der Waals surface area contributed by atoms with Crippen LogP contribution in [0.2, 0.25) is 10.0 Å². The first-order valence-electron chi connectivity index (χ1n) is 5.90. The van der Waals surface area contributed by atoms with Crippen LogP contribution in [0.4, 0.5) is 0 Å². The number of halogens is 2. The summed E-state index contributed by atoms with van der Waals surface area (Å²) in [6, 6.07) is 5.36. The van der Waals surface area contributed by atoms with Gasteiger partial charge in [-0.1, -0.05) is 23.2 Å². The van der Waals surface area contributed by atoms with Crippen molar-refractivity contribution in [1.29, 1.82) is 0 Å². The normalized spacial score (nSPS) is 14.5. The Morgan fingerprint density at radius 3 is 2.78 bits per heavy atom. The fourth-order valence-electron chi connectivity index (χ4n) is 1.59. The lowest BCUT2D eigenvalue weighted by Gasteiger charge is -2.18. The van der Waals surface area contributed by atoms with E-state index >= 15 is 0 Å². The van der Waals surface area contributed by atoms with E-state index in [9.17, 15) is 5.11 Å². The lowest BCUT2D eigenvalue weighted by atomic mass is 10.1. The average molecular weight is 292 g/mol. The van der Waals surface area contributed by atoms with Gasteiger partial charge < -0.3 is 15.2 Å². The lowest BCUT2D eigenvalue weighted by molar-refractivity contribution is 0.158. The Hall–Kier alpha value is -0.320. The maximum Gasteiger partial charge on any atom is 0.0929 e. The molecule has 0 amide bonds. The van der Waals surface area contributed by atoms with Crippen LogP contribution >= 0.6 is 23.2 Å². The molecule has 0 aliphatic heterocycles. The van der Waals surface area contributed by atoms with Crippen molar-refractivity contribution >= 4 is 23.2 Å². The van der Waals surface area contributed by atoms with E-state index in [1.54, 1.807) is 25.3 Å². The van der Waals surface area contributed by atoms with Crippen LogP contribution in [0.1, 0.15) is 25.0 Å². The maximum atomic E-state index is 10.1. The van der Waals surface area contributed by atoms with E-state index in [0.717, 1.165) is 6.42 Å². The second-order valence-corrected chi connectivity index (χ2v) is 5.12. The van der Waals surface area contributed by atoms with Gasteiger partial charge in [-0.3, -0.25) is 0 Å². The smallest absolute Gasteiger partial charge is 0.0929 e. The number of benzene rings is 1. The summed E-state index contributed by atoms with van der Waals surface area (Å²) in [7, 11) is 1.67. The summed E-state index contributed by atoms with van der Waals surface area (Å²) in [4.78, 5) is 0. The molecule has 2 unspecified atom stereocenters. The molecule has 0 bridgehead atoms. The minimum absolute atomic E-state index is 0.276. The van der Waals surface area contributed by atoms with Crippen LogP contribution in [-0.2, 0) is 4.74 Å². The predicted octanol–water partition coefficient (Wildman–Crippen LogP) is 3.04. The van der Waals surface area contributed by atoms with Gasteiger partial charge in [0.25, 0.3) is 0 Å². The Morgan fingerprint density at radius 2 is 2.11 bits per heavy atom. The molecule has 0 aromatic heterocycles. The van der Waals surface area contributed by atoms with Crippen molar-refractivity contribution in [2.75, 3.05) is 20.3 Å². The lowest BCUT2D eigenvalue weighted by Crippen LogP contribution is -2.31. The highest BCUT2D eigenvalue weighted by molar-refractivity contribution is 6.33. The highest BCUT2D eigenvalue weighted by Crippen LogP contribution is 2.26. The van der Waals surface area contributed by atoms with Gasteiger partial charge in [-0.05, 0) is 31.5 Å². The van der Waals surface area contributed by atoms with Crippen LogP contribution < -0.4 is 5.32 Å². The van der Waals surface area contributed by atoms with E-state index in [1.807, 2.05) is 6.92 Å². The second kappa shape index (κ2) is 7.97. The molecule has 0 saturated carbocycles. The summed E-state index contributed by atoms with van der Waals surface area (Å²) in [5.41, 5.74) is 0.649. The van der Waals surface area contributed by atoms with Crippen molar-refractivity contribution in [1.82, 2.24) is 5.32 Å². The minimum atomic E-state index is -0.666. The van der Waals surface area contributed by atoms with Gasteiger partial charge in [0.15, 0.2) is 0 Å². The van der Waals surface area contributed by atoms with E-state index in [1.165, 1.54) is 0 Å². The second-order valence-electron chi connectivity index (χ2n) is 4.27. The molecule has 0 radical (unpaired) electrons. The van der Waals surface area contributed by atoms with Crippen LogP contribution in [0.15, 0.2) is 18.2 Å². The summed E-state index contributed by atoms with van der Waals surface area (Å²) < 4.78 is 5.00. The highest BCUT2D eigenvalue weighted by atomic mass is 35.5. The number of hydrogen-bond donors (Lipinski definition) is 2. The Kier molecular flexibility index (Phi) is 6.97. The van der Waals surface area contributed by atoms with Crippen LogP contribution in [-0.4, -0.2) is 31.4 Å². The van der Waals surface area contributed by atoms with E-state index in [4.69, 9.17) is 27.9 Å². The van der Waals surface area contributed by atoms with Gasteiger partial charge in [-0.2, -0.15) is 0 Å². The summed E-state index contributed by atoms with van der Waals surface area (Å²) >= 11 is 11.9. The standard InChI is InChI=1S/C13H19Cl2NO2/c1-9(5-6-18-2)16-8-13(17)11-7-10(14)3-4-12(11)15/h3-4,7,9,13,16-17H,5-6,8H2,1-2H3. The molecule has 3 nitrogen and oxygen atoms in total. The number of aliphatic hydroxyl groups excluding tert-OH is 1. The summed E-state index contributed by atoms with van der Waals surface area (Å²) in [6.07, 6.45) is 0.230. The molecule has 102 valence electrons. The molecule has 0 aliphatic carbocycles. The number of hydrogen-bond acceptors (Lipinski definition) is 3. The predicted molar refractivity (Wildman–Crippen MR) is 75.4 cm³/mol. The quantitative estimate of drug-likeness (QED) is 0.811. The fraction of sp³-hybridized carbons (Fsp3) is 0.538. The molecule has 1 aromatic carbocycles. The van der Waals surface area contributed by atoms with Crippen molar-refractivity contribution in [3.63, 3.8) is 0 Å². The van der Waals surface area contributed by atoms with Gasteiger partial charge in [0.1, 0.15) is 0 Å². The van der Waals surface area contributed by atoms with Crippen molar-refractivity contribution < 1.29 is 9.84 Å². The Bertz CT molecular complexity index is 374. The zero-order valence-corrected chi connectivity index (χ0v) is 12.1. The Balaban J connectivity index is 2.49. The third kappa shape index (κ3) is 5.12. The molecular formula is C13H19Cl2NO2. The van der Waals surface area contributed by atoms with Crippen molar-refractivity contribution in [2.24, 2.45) is 0 Å². The monoisotopic (exact) mass is 291 g/mol. The Labute approximate surface area is 118 Å². The van der Waals surface area contributed by atoms with Gasteiger partial charge >= 0.3 is 0 Å². The maximum absolute atomic E-state index is 10.1. The molecule has 0 aliphatic rings. The van der Waals surface area contributed by atoms with Gasteiger partial charge in [0.2, 0.25) is 0 Å². The third-order valence-corrected chi connectivity index (χ3v) is 3.31. The number of rotatable bonds is 7. The molecule has 5 heteroatoms. The summed E-state index contributed by atoms with van der Waals surface area (Å²) in [5.74, 6) is 0. The van der Waals surface area contributed by atoms with Crippen LogP contribution in [0, 0.1) is 0 Å². The zero-order chi connectivity index (χ0) is 13.5. The molecule has 0 heterocycles. The molecule has 1 rings (SSSR count). The van der Waals surface area contributed by atoms with Crippen molar-refractivity contribution in [3.8, 4) is 0 Å². The van der Waals surface area contributed by atoms with Crippen LogP contribution in [0.3, 0.4) is 0 Å². The van der Waals surface area contributed by atoms with Gasteiger partial charge in [0.05, 0.1) is 6.10 Å². The number of methoxy groups -OCH3 is 1. The molecule has 2 atom stereocenters. The van der Waals surface area contributed by atoms with E-state index in [2.05, 4.69) is 5.32 Å².